The summed E-state index contributed by atoms with van der Waals surface area (Å²) in [7, 11) is 4.54. The molecule has 1 heterocycles. The van der Waals surface area contributed by atoms with Crippen LogP contribution in [0.25, 0.3) is 0 Å². The van der Waals surface area contributed by atoms with Gasteiger partial charge in [-0.25, -0.2) is 0 Å². The van der Waals surface area contributed by atoms with Crippen molar-refractivity contribution in [1.82, 2.24) is 10.2 Å². The lowest BCUT2D eigenvalue weighted by Crippen LogP contribution is -2.44. The summed E-state index contributed by atoms with van der Waals surface area (Å²) in [4.78, 5) is 13.0. The lowest BCUT2D eigenvalue weighted by molar-refractivity contribution is -0.140. The second-order valence-corrected chi connectivity index (χ2v) is 6.06. The Bertz CT molecular complexity index is 638. The summed E-state index contributed by atoms with van der Waals surface area (Å²) in [5.41, 5.74) is 1.60. The van der Waals surface area contributed by atoms with Crippen LogP contribution in [-0.2, 0) is 16.1 Å². The van der Waals surface area contributed by atoms with E-state index in [1.807, 2.05) is 11.0 Å². The van der Waals surface area contributed by atoms with E-state index >= 15 is 0 Å². The third-order valence-electron chi connectivity index (χ3n) is 4.14. The number of aliphatic hydroxyl groups excluding tert-OH is 1. The number of ether oxygens (including phenoxy) is 3. The minimum atomic E-state index is -0.733. The van der Waals surface area contributed by atoms with E-state index in [1.54, 1.807) is 20.3 Å². The molecule has 0 radical (unpaired) electrons. The molecule has 0 amide bonds. The van der Waals surface area contributed by atoms with E-state index in [0.29, 0.717) is 49.1 Å². The number of carbonyl (C=O) groups excluding carboxylic acids is 1. The number of thiocarbonyl (C=S) groups is 1. The Labute approximate surface area is 152 Å². The highest BCUT2D eigenvalue weighted by molar-refractivity contribution is 7.80. The van der Waals surface area contributed by atoms with E-state index in [-0.39, 0.29) is 5.97 Å². The lowest BCUT2D eigenvalue weighted by Gasteiger charge is -2.35. The van der Waals surface area contributed by atoms with Crippen LogP contribution in [0.4, 0.5) is 0 Å². The second-order valence-electron chi connectivity index (χ2n) is 5.67. The van der Waals surface area contributed by atoms with Crippen LogP contribution in [0.15, 0.2) is 12.1 Å². The van der Waals surface area contributed by atoms with Gasteiger partial charge in [0, 0.05) is 30.6 Å². The van der Waals surface area contributed by atoms with Gasteiger partial charge < -0.3 is 29.5 Å². The molecular formula is C17H24N2O5S. The summed E-state index contributed by atoms with van der Waals surface area (Å²) in [5, 5.41) is 14.2. The number of benzene rings is 1. The van der Waals surface area contributed by atoms with E-state index in [9.17, 15) is 9.90 Å². The number of esters is 1. The molecule has 2 rings (SSSR count). The van der Waals surface area contributed by atoms with Gasteiger partial charge in [-0.15, -0.1) is 0 Å². The minimum Gasteiger partial charge on any atom is -0.496 e. The second kappa shape index (κ2) is 8.87. The Hall–Kier alpha value is -2.06. The first kappa shape index (κ1) is 19.3. The highest BCUT2D eigenvalue weighted by Gasteiger charge is 2.30. The van der Waals surface area contributed by atoms with Crippen molar-refractivity contribution in [3.8, 4) is 11.5 Å². The maximum absolute atomic E-state index is 11.1. The Kier molecular flexibility index (Phi) is 6.83. The average molecular weight is 368 g/mol. The molecule has 1 aromatic rings. The van der Waals surface area contributed by atoms with Gasteiger partial charge in [0.25, 0.3) is 0 Å². The van der Waals surface area contributed by atoms with Gasteiger partial charge in [0.05, 0.1) is 27.9 Å². The predicted molar refractivity (Wildman–Crippen MR) is 96.8 cm³/mol. The van der Waals surface area contributed by atoms with Crippen molar-refractivity contribution in [3.63, 3.8) is 0 Å². The molecule has 1 aromatic carbocycles. The fourth-order valence-corrected chi connectivity index (χ4v) is 3.11. The topological polar surface area (TPSA) is 80.3 Å². The highest BCUT2D eigenvalue weighted by Crippen LogP contribution is 2.39. The van der Waals surface area contributed by atoms with Crippen molar-refractivity contribution in [2.45, 2.75) is 25.5 Å². The summed E-state index contributed by atoms with van der Waals surface area (Å²) in [6.07, 6.45) is 0.225. The zero-order valence-electron chi connectivity index (χ0n) is 14.7. The number of hydrogen-bond donors (Lipinski definition) is 2. The number of carbonyl (C=O) groups is 1. The highest BCUT2D eigenvalue weighted by atomic mass is 32.1. The molecule has 0 unspecified atom stereocenters. The van der Waals surface area contributed by atoms with Crippen LogP contribution in [0, 0.1) is 0 Å². The van der Waals surface area contributed by atoms with Crippen LogP contribution in [0.2, 0.25) is 0 Å². The van der Waals surface area contributed by atoms with Crippen molar-refractivity contribution in [1.29, 1.82) is 0 Å². The van der Waals surface area contributed by atoms with Gasteiger partial charge in [-0.05, 0) is 30.8 Å². The number of fused-ring (bicyclic) bond motifs is 1. The number of rotatable bonds is 6. The molecule has 2 N–H and O–H groups in total. The third-order valence-corrected chi connectivity index (χ3v) is 4.54. The number of aliphatic hydroxyl groups is 1. The van der Waals surface area contributed by atoms with Crippen molar-refractivity contribution >= 4 is 23.3 Å². The molecule has 25 heavy (non-hydrogen) atoms. The lowest BCUT2D eigenvalue weighted by atomic mass is 9.95. The first-order valence-electron chi connectivity index (χ1n) is 8.03. The summed E-state index contributed by atoms with van der Waals surface area (Å²) >= 11 is 5.42. The molecule has 0 spiro atoms. The van der Waals surface area contributed by atoms with E-state index < -0.39 is 6.10 Å². The first-order valence-corrected chi connectivity index (χ1v) is 8.44. The summed E-state index contributed by atoms with van der Waals surface area (Å²) in [5.74, 6) is 1.08. The number of β-amino-alcohol motifs (C(OH)–C–C–N with tert-alkyl or cyclic N) is 1. The van der Waals surface area contributed by atoms with Crippen LogP contribution in [0.5, 0.6) is 11.5 Å². The molecule has 0 aliphatic carbocycles. The molecule has 1 aliphatic rings. The van der Waals surface area contributed by atoms with Gasteiger partial charge >= 0.3 is 5.97 Å². The van der Waals surface area contributed by atoms with Gasteiger partial charge in [-0.3, -0.25) is 4.79 Å². The third kappa shape index (κ3) is 4.52. The van der Waals surface area contributed by atoms with Crippen LogP contribution in [-0.4, -0.2) is 55.5 Å². The van der Waals surface area contributed by atoms with Crippen LogP contribution in [0.3, 0.4) is 0 Å². The fraction of sp³-hybridized carbons (Fsp3) is 0.529. The minimum absolute atomic E-state index is 0.244. The molecule has 0 saturated carbocycles. The molecular weight excluding hydrogens is 344 g/mol. The van der Waals surface area contributed by atoms with Crippen molar-refractivity contribution in [3.05, 3.63) is 23.3 Å². The van der Waals surface area contributed by atoms with Crippen LogP contribution >= 0.6 is 12.2 Å². The Balaban J connectivity index is 2.05. The Morgan fingerprint density at radius 1 is 1.32 bits per heavy atom. The molecule has 0 fully saturated rings. The van der Waals surface area contributed by atoms with Gasteiger partial charge in [0.1, 0.15) is 17.6 Å². The average Bonchev–Trinajstić information content (AvgIpc) is 2.63. The van der Waals surface area contributed by atoms with E-state index in [2.05, 4.69) is 10.1 Å². The van der Waals surface area contributed by atoms with Gasteiger partial charge in [0.2, 0.25) is 0 Å². The summed E-state index contributed by atoms with van der Waals surface area (Å²) in [6, 6.07) is 3.61. The fourth-order valence-electron chi connectivity index (χ4n) is 2.87. The summed E-state index contributed by atoms with van der Waals surface area (Å²) in [6.45, 7) is 1.43. The quantitative estimate of drug-likeness (QED) is 0.443. The monoisotopic (exact) mass is 368 g/mol. The SMILES string of the molecule is COC(=O)CCCNC(=S)N1Cc2c(OC)ccc(OC)c2[C@H](O)C1. The smallest absolute Gasteiger partial charge is 0.305 e. The molecule has 1 atom stereocenters. The number of methoxy groups -OCH3 is 3. The van der Waals surface area contributed by atoms with Gasteiger partial charge in [-0.1, -0.05) is 0 Å². The standard InChI is InChI=1S/C17H24N2O5S/c1-22-13-6-7-14(23-2)16-11(13)9-19(10-12(16)20)17(25)18-8-4-5-15(21)24-3/h6-7,12,20H,4-5,8-10H2,1-3H3,(H,18,25)/t12-/m1/s1. The molecule has 0 bridgehead atoms. The number of nitrogens with zero attached hydrogens (tertiary/aromatic N) is 1. The zero-order chi connectivity index (χ0) is 18.4. The molecule has 0 saturated heterocycles. The Morgan fingerprint density at radius 2 is 2.00 bits per heavy atom. The van der Waals surface area contributed by atoms with Crippen LogP contribution in [0.1, 0.15) is 30.1 Å². The largest absolute Gasteiger partial charge is 0.496 e. The zero-order valence-corrected chi connectivity index (χ0v) is 15.5. The van der Waals surface area contributed by atoms with Crippen LogP contribution < -0.4 is 14.8 Å². The molecule has 8 heteroatoms. The number of nitrogens with one attached hydrogen (secondary N) is 1. The molecule has 1 aliphatic heterocycles. The predicted octanol–water partition coefficient (Wildman–Crippen LogP) is 1.38. The number of hydrogen-bond acceptors (Lipinski definition) is 6. The van der Waals surface area contributed by atoms with E-state index in [4.69, 9.17) is 21.7 Å². The first-order chi connectivity index (χ1) is 12.0. The Morgan fingerprint density at radius 3 is 2.64 bits per heavy atom. The molecule has 0 aromatic heterocycles. The van der Waals surface area contributed by atoms with Crippen molar-refractivity contribution in [2.75, 3.05) is 34.4 Å². The maximum Gasteiger partial charge on any atom is 0.305 e. The van der Waals surface area contributed by atoms with Gasteiger partial charge in [0.15, 0.2) is 5.11 Å². The molecule has 7 nitrogen and oxygen atoms in total. The van der Waals surface area contributed by atoms with E-state index in [1.165, 1.54) is 7.11 Å². The summed E-state index contributed by atoms with van der Waals surface area (Å²) < 4.78 is 15.4. The maximum atomic E-state index is 11.1. The van der Waals surface area contributed by atoms with E-state index in [0.717, 1.165) is 11.1 Å². The normalized spacial score (nSPS) is 16.0. The van der Waals surface area contributed by atoms with Gasteiger partial charge in [-0.2, -0.15) is 0 Å². The van der Waals surface area contributed by atoms with Crippen molar-refractivity contribution < 1.29 is 24.1 Å². The van der Waals surface area contributed by atoms with Crippen molar-refractivity contribution in [2.24, 2.45) is 0 Å². The molecule has 138 valence electrons.